The van der Waals surface area contributed by atoms with Crippen molar-refractivity contribution in [2.75, 3.05) is 16.9 Å². The first-order chi connectivity index (χ1) is 12.3. The fourth-order valence-corrected chi connectivity index (χ4v) is 2.83. The van der Waals surface area contributed by atoms with Crippen LogP contribution in [-0.4, -0.2) is 28.8 Å². The van der Waals surface area contributed by atoms with Crippen LogP contribution in [0, 0.1) is 0 Å². The van der Waals surface area contributed by atoms with Crippen LogP contribution < -0.4 is 10.6 Å². The molecule has 2 aromatic heterocycles. The first-order valence-corrected chi connectivity index (χ1v) is 9.86. The highest BCUT2D eigenvalue weighted by Crippen LogP contribution is 2.27. The van der Waals surface area contributed by atoms with Crippen LogP contribution in [0.1, 0.15) is 36.8 Å². The monoisotopic (exact) mass is 395 g/mol. The molecule has 2 rings (SSSR count). The molecule has 0 bridgehead atoms. The number of pyridine rings is 1. The summed E-state index contributed by atoms with van der Waals surface area (Å²) in [6.45, 7) is 5.76. The molecule has 0 spiro atoms. The van der Waals surface area contributed by atoms with E-state index in [0.29, 0.717) is 18.0 Å². The summed E-state index contributed by atoms with van der Waals surface area (Å²) < 4.78 is 10.4. The molecule has 7 nitrogen and oxygen atoms in total. The minimum atomic E-state index is -0.602. The number of carbonyl (C=O) groups excluding carboxylic acids is 2. The molecule has 26 heavy (non-hydrogen) atoms. The first kappa shape index (κ1) is 20.2. The lowest BCUT2D eigenvalue weighted by Crippen LogP contribution is -2.27. The van der Waals surface area contributed by atoms with Crippen molar-refractivity contribution in [1.29, 1.82) is 0 Å². The van der Waals surface area contributed by atoms with Crippen LogP contribution in [0.3, 0.4) is 0 Å². The van der Waals surface area contributed by atoms with Gasteiger partial charge in [0.2, 0.25) is 0 Å². The Morgan fingerprint density at radius 1 is 1.19 bits per heavy atom. The maximum atomic E-state index is 12.4. The van der Waals surface area contributed by atoms with Gasteiger partial charge in [0.05, 0.1) is 18.0 Å². The van der Waals surface area contributed by atoms with Crippen LogP contribution in [-0.2, 0) is 15.5 Å². The predicted octanol–water partition coefficient (Wildman–Crippen LogP) is 4.54. The fourth-order valence-electron chi connectivity index (χ4n) is 1.86. The molecule has 0 fully saturated rings. The van der Waals surface area contributed by atoms with Gasteiger partial charge >= 0.3 is 6.09 Å². The van der Waals surface area contributed by atoms with Crippen LogP contribution >= 0.6 is 23.4 Å². The molecule has 9 heteroatoms. The molecule has 0 aliphatic rings. The van der Waals surface area contributed by atoms with E-state index in [-0.39, 0.29) is 11.6 Å². The maximum absolute atomic E-state index is 12.4. The minimum Gasteiger partial charge on any atom is -0.444 e. The van der Waals surface area contributed by atoms with Crippen molar-refractivity contribution in [1.82, 2.24) is 4.98 Å². The number of hydrogen-bond acceptors (Lipinski definition) is 7. The Kier molecular flexibility index (Phi) is 7.01. The van der Waals surface area contributed by atoms with E-state index in [1.54, 1.807) is 49.9 Å². The highest BCUT2D eigenvalue weighted by atomic mass is 32.2. The topological polar surface area (TPSA) is 89.6 Å². The number of nitrogens with one attached hydrogen (secondary N) is 2. The molecule has 0 aromatic carbocycles. The van der Waals surface area contributed by atoms with Gasteiger partial charge in [0.1, 0.15) is 11.3 Å². The fraction of sp³-hybridized carbons (Fsp3) is 0.353. The molecule has 0 saturated heterocycles. The number of thiophene rings is 1. The average molecular weight is 396 g/mol. The zero-order chi connectivity index (χ0) is 19.2. The second-order valence-corrected chi connectivity index (χ2v) is 7.57. The lowest BCUT2D eigenvalue weighted by molar-refractivity contribution is 0.0635. The number of amides is 2. The van der Waals surface area contributed by atoms with Gasteiger partial charge in [0.25, 0.3) is 5.91 Å². The van der Waals surface area contributed by atoms with Gasteiger partial charge in [-0.05, 0) is 44.4 Å². The SMILES string of the molecule is CSOCc1ccc(C(=O)Nc2cscc2NC(=O)OC(C)(C)C)nc1. The number of hydrogen-bond donors (Lipinski definition) is 2. The number of aromatic nitrogens is 1. The Hall–Kier alpha value is -2.10. The summed E-state index contributed by atoms with van der Waals surface area (Å²) in [7, 11) is 0. The van der Waals surface area contributed by atoms with E-state index in [1.165, 1.54) is 23.4 Å². The van der Waals surface area contributed by atoms with Crippen LogP contribution in [0.2, 0.25) is 0 Å². The molecular formula is C17H21N3O4S2. The zero-order valence-corrected chi connectivity index (χ0v) is 16.6. The van der Waals surface area contributed by atoms with Crippen LogP contribution in [0.4, 0.5) is 16.2 Å². The predicted molar refractivity (Wildman–Crippen MR) is 105 cm³/mol. The molecule has 0 saturated carbocycles. The number of rotatable bonds is 6. The normalized spacial score (nSPS) is 11.1. The largest absolute Gasteiger partial charge is 0.444 e. The average Bonchev–Trinajstić information content (AvgIpc) is 2.98. The van der Waals surface area contributed by atoms with Gasteiger partial charge in [-0.15, -0.1) is 11.3 Å². The van der Waals surface area contributed by atoms with E-state index in [0.717, 1.165) is 5.56 Å². The number of ether oxygens (including phenoxy) is 1. The maximum Gasteiger partial charge on any atom is 0.412 e. The second kappa shape index (κ2) is 9.02. The Balaban J connectivity index is 1.99. The van der Waals surface area contributed by atoms with Gasteiger partial charge in [0, 0.05) is 23.2 Å². The summed E-state index contributed by atoms with van der Waals surface area (Å²) in [5.74, 6) is -0.368. The summed E-state index contributed by atoms with van der Waals surface area (Å²) >= 11 is 2.62. The van der Waals surface area contributed by atoms with Gasteiger partial charge < -0.3 is 14.2 Å². The van der Waals surface area contributed by atoms with E-state index < -0.39 is 11.7 Å². The van der Waals surface area contributed by atoms with E-state index >= 15 is 0 Å². The van der Waals surface area contributed by atoms with E-state index in [1.807, 2.05) is 6.26 Å². The number of carbonyl (C=O) groups is 2. The molecule has 140 valence electrons. The van der Waals surface area contributed by atoms with Gasteiger partial charge in [0.15, 0.2) is 0 Å². The van der Waals surface area contributed by atoms with Gasteiger partial charge in [-0.2, -0.15) is 0 Å². The van der Waals surface area contributed by atoms with Crippen LogP contribution in [0.5, 0.6) is 0 Å². The van der Waals surface area contributed by atoms with Crippen molar-refractivity contribution in [3.63, 3.8) is 0 Å². The molecule has 0 radical (unpaired) electrons. The number of nitrogens with zero attached hydrogens (tertiary/aromatic N) is 1. The second-order valence-electron chi connectivity index (χ2n) is 6.26. The number of anilines is 2. The van der Waals surface area contributed by atoms with Gasteiger partial charge in [-0.1, -0.05) is 6.07 Å². The highest BCUT2D eigenvalue weighted by Gasteiger charge is 2.18. The summed E-state index contributed by atoms with van der Waals surface area (Å²) in [4.78, 5) is 28.4. The molecule has 2 N–H and O–H groups in total. The summed E-state index contributed by atoms with van der Waals surface area (Å²) in [6.07, 6.45) is 2.85. The van der Waals surface area contributed by atoms with E-state index in [2.05, 4.69) is 15.6 Å². The van der Waals surface area contributed by atoms with Crippen molar-refractivity contribution in [2.45, 2.75) is 33.0 Å². The van der Waals surface area contributed by atoms with E-state index in [4.69, 9.17) is 8.92 Å². The third-order valence-corrected chi connectivity index (χ3v) is 4.04. The quantitative estimate of drug-likeness (QED) is 0.698. The lowest BCUT2D eigenvalue weighted by Gasteiger charge is -2.19. The summed E-state index contributed by atoms with van der Waals surface area (Å²) in [5.41, 5.74) is 1.51. The molecule has 2 aromatic rings. The van der Waals surface area contributed by atoms with E-state index in [9.17, 15) is 9.59 Å². The van der Waals surface area contributed by atoms with Gasteiger partial charge in [-0.3, -0.25) is 15.1 Å². The Morgan fingerprint density at radius 2 is 1.88 bits per heavy atom. The van der Waals surface area contributed by atoms with Crippen LogP contribution in [0.15, 0.2) is 29.1 Å². The Labute approximate surface area is 160 Å². The molecule has 0 aliphatic carbocycles. The third kappa shape index (κ3) is 6.32. The molecule has 2 heterocycles. The molecule has 0 unspecified atom stereocenters. The highest BCUT2D eigenvalue weighted by molar-refractivity contribution is 7.93. The Bertz CT molecular complexity index is 754. The molecule has 2 amide bonds. The van der Waals surface area contributed by atoms with Crippen molar-refractivity contribution in [2.24, 2.45) is 0 Å². The minimum absolute atomic E-state index is 0.271. The standard InChI is InChI=1S/C17H21N3O4S2/c1-17(2,3)24-16(22)20-14-10-26-9-13(14)19-15(21)12-6-5-11(7-18-12)8-23-25-4/h5-7,9-10H,8H2,1-4H3,(H,19,21)(H,20,22). The summed E-state index contributed by atoms with van der Waals surface area (Å²) in [6, 6.07) is 3.41. The van der Waals surface area contributed by atoms with Crippen molar-refractivity contribution in [3.05, 3.63) is 40.3 Å². The van der Waals surface area contributed by atoms with Crippen molar-refractivity contribution < 1.29 is 18.5 Å². The third-order valence-electron chi connectivity index (χ3n) is 2.95. The smallest absolute Gasteiger partial charge is 0.412 e. The van der Waals surface area contributed by atoms with Crippen molar-refractivity contribution >= 4 is 46.8 Å². The first-order valence-electron chi connectivity index (χ1n) is 7.76. The Morgan fingerprint density at radius 3 is 2.46 bits per heavy atom. The zero-order valence-electron chi connectivity index (χ0n) is 15.0. The van der Waals surface area contributed by atoms with Crippen molar-refractivity contribution in [3.8, 4) is 0 Å². The summed E-state index contributed by atoms with van der Waals surface area (Å²) in [5, 5.41) is 8.82. The van der Waals surface area contributed by atoms with Gasteiger partial charge in [-0.25, -0.2) is 4.79 Å². The molecular weight excluding hydrogens is 374 g/mol. The molecule has 0 aliphatic heterocycles. The molecule has 0 atom stereocenters. The lowest BCUT2D eigenvalue weighted by atomic mass is 10.2. The van der Waals surface area contributed by atoms with Crippen LogP contribution in [0.25, 0.3) is 0 Å².